The zero-order valence-electron chi connectivity index (χ0n) is 21.3. The number of alkyl halides is 2. The van der Waals surface area contributed by atoms with Crippen molar-refractivity contribution in [1.29, 1.82) is 0 Å². The van der Waals surface area contributed by atoms with Crippen LogP contribution in [0.3, 0.4) is 0 Å². The third kappa shape index (κ3) is 6.07. The number of carbonyl (C=O) groups is 2. The summed E-state index contributed by atoms with van der Waals surface area (Å²) in [5, 5.41) is 3.00. The van der Waals surface area contributed by atoms with E-state index in [4.69, 9.17) is 5.73 Å². The first-order chi connectivity index (χ1) is 16.4. The molecule has 0 aliphatic heterocycles. The van der Waals surface area contributed by atoms with Gasteiger partial charge in [0.25, 0.3) is 5.92 Å². The van der Waals surface area contributed by atoms with Crippen LogP contribution >= 0.6 is 0 Å². The molecule has 0 heterocycles. The van der Waals surface area contributed by atoms with Crippen molar-refractivity contribution < 1.29 is 18.4 Å². The Morgan fingerprint density at radius 2 is 1.69 bits per heavy atom. The number of aryl methyl sites for hydroxylation is 2. The fourth-order valence-corrected chi connectivity index (χ4v) is 5.17. The minimum absolute atomic E-state index is 0.00606. The third-order valence-corrected chi connectivity index (χ3v) is 7.61. The maximum absolute atomic E-state index is 14.6. The van der Waals surface area contributed by atoms with Crippen molar-refractivity contribution in [2.75, 3.05) is 20.6 Å². The molecule has 35 heavy (non-hydrogen) atoms. The Balaban J connectivity index is 1.72. The summed E-state index contributed by atoms with van der Waals surface area (Å²) in [6.07, 6.45) is 1.54. The number of carbonyl (C=O) groups excluding carboxylic acids is 2. The number of benzene rings is 2. The number of nitrogens with two attached hydrogens (primary N) is 1. The molecule has 0 bridgehead atoms. The standard InChI is InChI=1S/C28H37F2N3O2/c1-18-13-21(26(31)35)14-19(2)23(18)15-22(33(4)5)17-32-25(34)16-24(20-9-7-6-8-10-20)28(11-12-28)27(3,29)30/h6-10,13-14,22,24H,11-12,15-17H2,1-5H3,(H2,31,35)(H,32,34)/t22-,24-/m0/s1. The van der Waals surface area contributed by atoms with E-state index in [1.807, 2.05) is 63.2 Å². The van der Waals surface area contributed by atoms with Crippen LogP contribution in [-0.2, 0) is 11.2 Å². The maximum atomic E-state index is 14.6. The van der Waals surface area contributed by atoms with E-state index < -0.39 is 23.2 Å². The molecule has 0 radical (unpaired) electrons. The number of likely N-dealkylation sites (N-methyl/N-ethyl adjacent to an activating group) is 1. The topological polar surface area (TPSA) is 75.4 Å². The summed E-state index contributed by atoms with van der Waals surface area (Å²) in [5.74, 6) is -4.07. The number of amides is 2. The van der Waals surface area contributed by atoms with Gasteiger partial charge in [-0.15, -0.1) is 0 Å². The maximum Gasteiger partial charge on any atom is 0.251 e. The smallest absolute Gasteiger partial charge is 0.251 e. The van der Waals surface area contributed by atoms with E-state index >= 15 is 0 Å². The molecule has 3 rings (SSSR count). The Hall–Kier alpha value is -2.80. The highest BCUT2D eigenvalue weighted by Crippen LogP contribution is 2.65. The van der Waals surface area contributed by atoms with E-state index in [2.05, 4.69) is 5.32 Å². The van der Waals surface area contributed by atoms with Gasteiger partial charge < -0.3 is 16.0 Å². The highest BCUT2D eigenvalue weighted by Gasteiger charge is 2.63. The molecule has 5 nitrogen and oxygen atoms in total. The van der Waals surface area contributed by atoms with Gasteiger partial charge in [-0.25, -0.2) is 8.78 Å². The molecule has 1 fully saturated rings. The molecule has 3 N–H and O–H groups in total. The number of halogens is 2. The first kappa shape index (κ1) is 26.8. The molecule has 0 spiro atoms. The summed E-state index contributed by atoms with van der Waals surface area (Å²) in [6, 6.07) is 12.8. The van der Waals surface area contributed by atoms with Crippen molar-refractivity contribution in [3.05, 3.63) is 70.3 Å². The molecular formula is C28H37F2N3O2. The second-order valence-corrected chi connectivity index (χ2v) is 10.3. The van der Waals surface area contributed by atoms with Crippen molar-refractivity contribution in [3.8, 4) is 0 Å². The van der Waals surface area contributed by atoms with Gasteiger partial charge in [0.15, 0.2) is 0 Å². The molecule has 2 aromatic carbocycles. The van der Waals surface area contributed by atoms with Crippen molar-refractivity contribution in [2.24, 2.45) is 11.1 Å². The van der Waals surface area contributed by atoms with Crippen molar-refractivity contribution in [2.45, 2.75) is 64.3 Å². The van der Waals surface area contributed by atoms with Gasteiger partial charge in [-0.3, -0.25) is 9.59 Å². The zero-order chi connectivity index (χ0) is 26.0. The first-order valence-corrected chi connectivity index (χ1v) is 12.1. The van der Waals surface area contributed by atoms with Crippen LogP contribution in [-0.4, -0.2) is 49.3 Å². The van der Waals surface area contributed by atoms with E-state index in [-0.39, 0.29) is 18.4 Å². The average Bonchev–Trinajstić information content (AvgIpc) is 3.58. The fraction of sp³-hybridized carbons (Fsp3) is 0.500. The Labute approximate surface area is 207 Å². The lowest BCUT2D eigenvalue weighted by atomic mass is 9.77. The predicted octanol–water partition coefficient (Wildman–Crippen LogP) is 4.60. The number of rotatable bonds is 11. The summed E-state index contributed by atoms with van der Waals surface area (Å²) >= 11 is 0. The van der Waals surface area contributed by atoms with Crippen LogP contribution in [0.15, 0.2) is 42.5 Å². The van der Waals surface area contributed by atoms with Crippen LogP contribution in [0, 0.1) is 19.3 Å². The van der Waals surface area contributed by atoms with Gasteiger partial charge in [0.1, 0.15) is 0 Å². The molecule has 0 unspecified atom stereocenters. The number of hydrogen-bond acceptors (Lipinski definition) is 3. The zero-order valence-corrected chi connectivity index (χ0v) is 21.3. The summed E-state index contributed by atoms with van der Waals surface area (Å²) in [6.45, 7) is 5.26. The molecule has 1 aliphatic carbocycles. The highest BCUT2D eigenvalue weighted by molar-refractivity contribution is 5.93. The molecular weight excluding hydrogens is 448 g/mol. The first-order valence-electron chi connectivity index (χ1n) is 12.1. The lowest BCUT2D eigenvalue weighted by Crippen LogP contribution is -2.43. The summed E-state index contributed by atoms with van der Waals surface area (Å²) in [7, 11) is 3.89. The number of nitrogens with zero attached hydrogens (tertiary/aromatic N) is 1. The molecule has 7 heteroatoms. The molecule has 1 aliphatic rings. The molecule has 0 saturated heterocycles. The van der Waals surface area contributed by atoms with Crippen LogP contribution in [0.4, 0.5) is 8.78 Å². The van der Waals surface area contributed by atoms with Gasteiger partial charge >= 0.3 is 0 Å². The number of primary amides is 1. The third-order valence-electron chi connectivity index (χ3n) is 7.61. The van der Waals surface area contributed by atoms with Gasteiger partial charge in [0.2, 0.25) is 11.8 Å². The van der Waals surface area contributed by atoms with Crippen LogP contribution in [0.2, 0.25) is 0 Å². The Morgan fingerprint density at radius 1 is 1.11 bits per heavy atom. The summed E-state index contributed by atoms with van der Waals surface area (Å²) in [4.78, 5) is 26.6. The van der Waals surface area contributed by atoms with Crippen LogP contribution in [0.5, 0.6) is 0 Å². The fourth-order valence-electron chi connectivity index (χ4n) is 5.17. The van der Waals surface area contributed by atoms with Crippen LogP contribution in [0.25, 0.3) is 0 Å². The minimum Gasteiger partial charge on any atom is -0.366 e. The lowest BCUT2D eigenvalue weighted by Gasteiger charge is -2.32. The van der Waals surface area contributed by atoms with E-state index in [0.717, 1.165) is 29.2 Å². The van der Waals surface area contributed by atoms with Gasteiger partial charge in [-0.1, -0.05) is 30.3 Å². The van der Waals surface area contributed by atoms with Crippen molar-refractivity contribution >= 4 is 11.8 Å². The van der Waals surface area contributed by atoms with Crippen LogP contribution in [0.1, 0.15) is 64.7 Å². The highest BCUT2D eigenvalue weighted by atomic mass is 19.3. The van der Waals surface area contributed by atoms with Gasteiger partial charge in [0, 0.05) is 35.9 Å². The SMILES string of the molecule is Cc1cc(C(N)=O)cc(C)c1C[C@@H](CNC(=O)C[C@@H](c1ccccc1)C1(C(C)(F)F)CC1)N(C)C. The summed E-state index contributed by atoms with van der Waals surface area (Å²) in [5.41, 5.74) is 8.59. The van der Waals surface area contributed by atoms with E-state index in [1.165, 1.54) is 0 Å². The Morgan fingerprint density at radius 3 is 2.14 bits per heavy atom. The van der Waals surface area contributed by atoms with Crippen LogP contribution < -0.4 is 11.1 Å². The van der Waals surface area contributed by atoms with Gasteiger partial charge in [-0.05, 0) is 88.5 Å². The van der Waals surface area contributed by atoms with Crippen molar-refractivity contribution in [3.63, 3.8) is 0 Å². The Kier molecular flexibility index (Phi) is 8.00. The molecule has 2 amide bonds. The number of nitrogens with one attached hydrogen (secondary N) is 1. The van der Waals surface area contributed by atoms with E-state index in [0.29, 0.717) is 31.4 Å². The van der Waals surface area contributed by atoms with Gasteiger partial charge in [-0.2, -0.15) is 0 Å². The summed E-state index contributed by atoms with van der Waals surface area (Å²) < 4.78 is 29.2. The van der Waals surface area contributed by atoms with Crippen molar-refractivity contribution in [1.82, 2.24) is 10.2 Å². The van der Waals surface area contributed by atoms with E-state index in [1.54, 1.807) is 12.1 Å². The lowest BCUT2D eigenvalue weighted by molar-refractivity contribution is -0.123. The molecule has 2 atom stereocenters. The predicted molar refractivity (Wildman–Crippen MR) is 135 cm³/mol. The quantitative estimate of drug-likeness (QED) is 0.488. The van der Waals surface area contributed by atoms with Gasteiger partial charge in [0.05, 0.1) is 0 Å². The molecule has 1 saturated carbocycles. The molecule has 190 valence electrons. The average molecular weight is 486 g/mol. The molecule has 0 aromatic heterocycles. The van der Waals surface area contributed by atoms with E-state index in [9.17, 15) is 18.4 Å². The normalized spacial score (nSPS) is 16.6. The Bertz CT molecular complexity index is 1040. The largest absolute Gasteiger partial charge is 0.366 e. The molecule has 2 aromatic rings. The monoisotopic (exact) mass is 485 g/mol. The second-order valence-electron chi connectivity index (χ2n) is 10.3. The second kappa shape index (κ2) is 10.4. The minimum atomic E-state index is -2.86. The number of hydrogen-bond donors (Lipinski definition) is 2.